The van der Waals surface area contributed by atoms with Gasteiger partial charge in [-0.25, -0.2) is 0 Å². The number of unbranched alkanes of at least 4 members (excludes halogenated alkanes) is 3. The van der Waals surface area contributed by atoms with Crippen molar-refractivity contribution in [2.45, 2.75) is 79.5 Å². The summed E-state index contributed by atoms with van der Waals surface area (Å²) in [6.45, 7) is 9.13. The molecule has 1 nitrogen and oxygen atoms in total. The maximum atomic E-state index is 5.05. The number of nitrogens with zero attached hydrogens (tertiary/aromatic N) is 1. The van der Waals surface area contributed by atoms with E-state index < -0.39 is 18.4 Å². The molecule has 0 N–H and O–H groups in total. The molecule has 0 spiro atoms. The Kier molecular flexibility index (Phi) is 9.51. The molecular formula is C18H32BrNSn. The zero-order valence-corrected chi connectivity index (χ0v) is 18.8. The standard InChI is InChI=1S/C6H5BrN.3C4H9.Sn/c1-5-6(7)3-2-4-8-5;3*1-3-4-2;/h2-3H,1H3;3*1,3-4H2,2H3;. The van der Waals surface area contributed by atoms with E-state index in [0.717, 1.165) is 4.47 Å². The topological polar surface area (TPSA) is 12.9 Å². The summed E-state index contributed by atoms with van der Waals surface area (Å²) in [6.07, 6.45) is 8.19. The first-order valence-corrected chi connectivity index (χ1v) is 17.0. The molecule has 1 heterocycles. The van der Waals surface area contributed by atoms with Crippen LogP contribution in [0.25, 0.3) is 0 Å². The van der Waals surface area contributed by atoms with E-state index in [9.17, 15) is 0 Å². The van der Waals surface area contributed by atoms with Crippen molar-refractivity contribution in [3.63, 3.8) is 0 Å². The Bertz CT molecular complexity index is 398. The van der Waals surface area contributed by atoms with E-state index in [1.807, 2.05) is 0 Å². The third kappa shape index (κ3) is 5.85. The zero-order valence-electron chi connectivity index (χ0n) is 14.3. The van der Waals surface area contributed by atoms with E-state index in [1.54, 1.807) is 3.71 Å². The van der Waals surface area contributed by atoms with Crippen LogP contribution in [-0.2, 0) is 0 Å². The second-order valence-corrected chi connectivity index (χ2v) is 20.3. The van der Waals surface area contributed by atoms with E-state index in [2.05, 4.69) is 55.8 Å². The summed E-state index contributed by atoms with van der Waals surface area (Å²) >= 11 is 1.31. The molecule has 0 unspecified atom stereocenters. The molecule has 120 valence electrons. The minimum absolute atomic E-state index is 1.16. The van der Waals surface area contributed by atoms with Gasteiger partial charge in [0.25, 0.3) is 0 Å². The molecule has 0 radical (unpaired) electrons. The molecule has 1 aromatic rings. The summed E-state index contributed by atoms with van der Waals surface area (Å²) in [4.78, 5) is 5.05. The van der Waals surface area contributed by atoms with Crippen LogP contribution in [0.3, 0.4) is 0 Å². The second-order valence-electron chi connectivity index (χ2n) is 6.35. The van der Waals surface area contributed by atoms with Crippen LogP contribution in [0.4, 0.5) is 0 Å². The Morgan fingerprint density at radius 1 is 0.905 bits per heavy atom. The molecule has 0 amide bonds. The first-order chi connectivity index (χ1) is 10.1. The van der Waals surface area contributed by atoms with E-state index in [1.165, 1.54) is 57.5 Å². The first-order valence-electron chi connectivity index (χ1n) is 8.73. The molecule has 0 aromatic carbocycles. The summed E-state index contributed by atoms with van der Waals surface area (Å²) in [5.41, 5.74) is 1.18. The van der Waals surface area contributed by atoms with Crippen molar-refractivity contribution in [3.8, 4) is 0 Å². The van der Waals surface area contributed by atoms with Gasteiger partial charge in [-0.2, -0.15) is 0 Å². The summed E-state index contributed by atoms with van der Waals surface area (Å²) in [5, 5.41) is 0. The third-order valence-corrected chi connectivity index (χ3v) is 20.5. The Morgan fingerprint density at radius 3 is 1.76 bits per heavy atom. The second kappa shape index (κ2) is 10.2. The Balaban J connectivity index is 3.12. The normalized spacial score (nSPS) is 11.9. The summed E-state index contributed by atoms with van der Waals surface area (Å²) < 4.78 is 7.20. The first kappa shape index (κ1) is 19.5. The fraction of sp³-hybridized carbons (Fsp3) is 0.722. The summed E-state index contributed by atoms with van der Waals surface area (Å²) in [5.74, 6) is 0. The number of hydrogen-bond donors (Lipinski definition) is 0. The van der Waals surface area contributed by atoms with Crippen LogP contribution in [0.5, 0.6) is 0 Å². The van der Waals surface area contributed by atoms with Crippen LogP contribution in [0.2, 0.25) is 13.3 Å². The van der Waals surface area contributed by atoms with E-state index >= 15 is 0 Å². The Labute approximate surface area is 144 Å². The van der Waals surface area contributed by atoms with Gasteiger partial charge in [-0.15, -0.1) is 0 Å². The van der Waals surface area contributed by atoms with E-state index in [-0.39, 0.29) is 0 Å². The molecule has 0 aliphatic heterocycles. The molecule has 0 saturated carbocycles. The molecule has 3 heteroatoms. The molecule has 0 aliphatic rings. The molecule has 0 bridgehead atoms. The predicted octanol–water partition coefficient (Wildman–Crippen LogP) is 6.21. The molecule has 1 aromatic heterocycles. The SMILES string of the molecule is CCC[CH2][Sn]([CH2]CCC)([CH2]CCC)[c]1ccc(Br)c(C)n1. The van der Waals surface area contributed by atoms with Gasteiger partial charge in [0.1, 0.15) is 0 Å². The van der Waals surface area contributed by atoms with Crippen LogP contribution >= 0.6 is 15.9 Å². The number of hydrogen-bond acceptors (Lipinski definition) is 1. The number of aryl methyl sites for hydroxylation is 1. The van der Waals surface area contributed by atoms with Crippen LogP contribution in [-0.4, -0.2) is 23.4 Å². The van der Waals surface area contributed by atoms with Crippen molar-refractivity contribution in [1.29, 1.82) is 0 Å². The monoisotopic (exact) mass is 461 g/mol. The minimum atomic E-state index is -2.30. The number of rotatable bonds is 10. The van der Waals surface area contributed by atoms with Crippen molar-refractivity contribution in [1.82, 2.24) is 4.98 Å². The van der Waals surface area contributed by atoms with Crippen molar-refractivity contribution >= 4 is 38.0 Å². The van der Waals surface area contributed by atoms with Gasteiger partial charge in [-0.1, -0.05) is 0 Å². The fourth-order valence-electron chi connectivity index (χ4n) is 3.14. The van der Waals surface area contributed by atoms with Crippen molar-refractivity contribution in [2.24, 2.45) is 0 Å². The van der Waals surface area contributed by atoms with Crippen LogP contribution < -0.4 is 3.71 Å². The van der Waals surface area contributed by atoms with Crippen LogP contribution in [0.1, 0.15) is 65.0 Å². The molecule has 21 heavy (non-hydrogen) atoms. The predicted molar refractivity (Wildman–Crippen MR) is 101 cm³/mol. The van der Waals surface area contributed by atoms with Crippen molar-refractivity contribution < 1.29 is 0 Å². The van der Waals surface area contributed by atoms with Gasteiger partial charge in [-0.3, -0.25) is 0 Å². The van der Waals surface area contributed by atoms with Crippen molar-refractivity contribution in [2.75, 3.05) is 0 Å². The number of aromatic nitrogens is 1. The third-order valence-electron chi connectivity index (χ3n) is 4.59. The van der Waals surface area contributed by atoms with Gasteiger partial charge in [0.05, 0.1) is 0 Å². The Hall–Kier alpha value is 0.429. The van der Waals surface area contributed by atoms with Gasteiger partial charge in [0.2, 0.25) is 0 Å². The van der Waals surface area contributed by atoms with E-state index in [0.29, 0.717) is 0 Å². The number of pyridine rings is 1. The summed E-state index contributed by atoms with van der Waals surface area (Å²) in [6, 6.07) is 4.60. The average Bonchev–Trinajstić information content (AvgIpc) is 2.50. The zero-order chi connectivity index (χ0) is 15.7. The maximum absolute atomic E-state index is 5.05. The van der Waals surface area contributed by atoms with Crippen LogP contribution in [0, 0.1) is 6.92 Å². The quantitative estimate of drug-likeness (QED) is 0.378. The number of halogens is 1. The fourth-order valence-corrected chi connectivity index (χ4v) is 18.9. The molecule has 1 rings (SSSR count). The van der Waals surface area contributed by atoms with Crippen molar-refractivity contribution in [3.05, 3.63) is 22.3 Å². The van der Waals surface area contributed by atoms with Gasteiger partial charge in [0, 0.05) is 0 Å². The molecule has 0 saturated heterocycles. The molecule has 0 aliphatic carbocycles. The van der Waals surface area contributed by atoms with Gasteiger partial charge >= 0.3 is 145 Å². The molecular weight excluding hydrogens is 429 g/mol. The summed E-state index contributed by atoms with van der Waals surface area (Å²) in [7, 11) is 0. The Morgan fingerprint density at radius 2 is 1.38 bits per heavy atom. The van der Waals surface area contributed by atoms with E-state index in [4.69, 9.17) is 4.98 Å². The van der Waals surface area contributed by atoms with Gasteiger partial charge < -0.3 is 0 Å². The molecule has 0 atom stereocenters. The average molecular weight is 461 g/mol. The van der Waals surface area contributed by atoms with Gasteiger partial charge in [-0.05, 0) is 0 Å². The van der Waals surface area contributed by atoms with Gasteiger partial charge in [0.15, 0.2) is 0 Å². The molecule has 0 fully saturated rings. The van der Waals surface area contributed by atoms with Crippen LogP contribution in [0.15, 0.2) is 16.6 Å².